The van der Waals surface area contributed by atoms with Gasteiger partial charge in [-0.15, -0.1) is 0 Å². The van der Waals surface area contributed by atoms with Crippen LogP contribution >= 0.6 is 0 Å². The van der Waals surface area contributed by atoms with Gasteiger partial charge in [0.25, 0.3) is 0 Å². The number of phenols is 1. The van der Waals surface area contributed by atoms with E-state index in [9.17, 15) is 9.50 Å². The van der Waals surface area contributed by atoms with Crippen molar-refractivity contribution in [1.82, 2.24) is 5.32 Å². The molecule has 0 saturated carbocycles. The first-order valence-corrected chi connectivity index (χ1v) is 6.95. The van der Waals surface area contributed by atoms with Crippen LogP contribution in [0.25, 0.3) is 0 Å². The third kappa shape index (κ3) is 4.20. The van der Waals surface area contributed by atoms with Crippen LogP contribution < -0.4 is 10.1 Å². The zero-order chi connectivity index (χ0) is 15.2. The second-order valence-corrected chi connectivity index (χ2v) is 4.98. The van der Waals surface area contributed by atoms with Gasteiger partial charge in [0.2, 0.25) is 0 Å². The largest absolute Gasteiger partial charge is 0.508 e. The number of ether oxygens (including phenoxy) is 1. The number of phenolic OH excluding ortho intramolecular Hbond substituents is 1. The summed E-state index contributed by atoms with van der Waals surface area (Å²) in [5, 5.41) is 13.3. The van der Waals surface area contributed by atoms with Gasteiger partial charge in [-0.1, -0.05) is 12.1 Å². The predicted molar refractivity (Wildman–Crippen MR) is 81.2 cm³/mol. The molecule has 2 rings (SSSR count). The maximum atomic E-state index is 12.8. The summed E-state index contributed by atoms with van der Waals surface area (Å²) >= 11 is 0. The Bertz CT molecular complexity index is 584. The summed E-state index contributed by atoms with van der Waals surface area (Å²) in [6, 6.07) is 11.7. The summed E-state index contributed by atoms with van der Waals surface area (Å²) in [7, 11) is 1.60. The third-order valence-electron chi connectivity index (χ3n) is 3.48. The zero-order valence-corrected chi connectivity index (χ0v) is 12.3. The average molecular weight is 289 g/mol. The van der Waals surface area contributed by atoms with Crippen LogP contribution in [0.2, 0.25) is 0 Å². The molecule has 1 atom stereocenters. The molecule has 3 nitrogen and oxygen atoms in total. The van der Waals surface area contributed by atoms with E-state index in [1.54, 1.807) is 31.4 Å². The molecule has 4 heteroatoms. The van der Waals surface area contributed by atoms with Gasteiger partial charge in [0.05, 0.1) is 7.11 Å². The summed E-state index contributed by atoms with van der Waals surface area (Å²) in [6.07, 6.45) is 0.801. The van der Waals surface area contributed by atoms with Crippen LogP contribution in [0.5, 0.6) is 11.5 Å². The highest BCUT2D eigenvalue weighted by Gasteiger charge is 2.11. The van der Waals surface area contributed by atoms with E-state index in [4.69, 9.17) is 4.74 Å². The van der Waals surface area contributed by atoms with Gasteiger partial charge in [0, 0.05) is 11.6 Å². The van der Waals surface area contributed by atoms with Crippen molar-refractivity contribution in [2.75, 3.05) is 13.7 Å². The molecule has 0 amide bonds. The molecule has 2 aromatic rings. The molecule has 2 aromatic carbocycles. The molecule has 0 aromatic heterocycles. The summed E-state index contributed by atoms with van der Waals surface area (Å²) in [5.74, 6) is 0.744. The topological polar surface area (TPSA) is 41.5 Å². The number of hydrogen-bond donors (Lipinski definition) is 2. The first-order chi connectivity index (χ1) is 10.1. The second-order valence-electron chi connectivity index (χ2n) is 4.98. The maximum absolute atomic E-state index is 12.8. The molecule has 0 aliphatic rings. The molecule has 0 saturated heterocycles. The van der Waals surface area contributed by atoms with E-state index in [2.05, 4.69) is 5.32 Å². The van der Waals surface area contributed by atoms with Gasteiger partial charge in [0.15, 0.2) is 0 Å². The first-order valence-electron chi connectivity index (χ1n) is 6.95. The Kier molecular flexibility index (Phi) is 5.17. The van der Waals surface area contributed by atoms with Gasteiger partial charge in [-0.3, -0.25) is 0 Å². The van der Waals surface area contributed by atoms with Crippen LogP contribution in [-0.2, 0) is 6.42 Å². The molecule has 0 aliphatic heterocycles. The molecule has 0 heterocycles. The normalized spacial score (nSPS) is 12.1. The fraction of sp³-hybridized carbons (Fsp3) is 0.294. The Labute approximate surface area is 124 Å². The summed E-state index contributed by atoms with van der Waals surface area (Å²) in [5.41, 5.74) is 1.87. The van der Waals surface area contributed by atoms with Crippen LogP contribution in [0.1, 0.15) is 24.1 Å². The van der Waals surface area contributed by atoms with Crippen molar-refractivity contribution in [3.63, 3.8) is 0 Å². The van der Waals surface area contributed by atoms with E-state index >= 15 is 0 Å². The van der Waals surface area contributed by atoms with Crippen LogP contribution in [0.4, 0.5) is 4.39 Å². The standard InChI is InChI=1S/C17H20FNO2/c1-12(16-11-15(21-2)7-8-17(16)20)19-10-9-13-3-5-14(18)6-4-13/h3-8,11-12,19-20H,9-10H2,1-2H3. The Hall–Kier alpha value is -2.07. The minimum absolute atomic E-state index is 0.000508. The Balaban J connectivity index is 1.92. The van der Waals surface area contributed by atoms with Gasteiger partial charge in [-0.05, 0) is 55.8 Å². The molecule has 0 aliphatic carbocycles. The van der Waals surface area contributed by atoms with Crippen molar-refractivity contribution < 1.29 is 14.2 Å². The number of rotatable bonds is 6. The summed E-state index contributed by atoms with van der Waals surface area (Å²) in [4.78, 5) is 0. The molecule has 21 heavy (non-hydrogen) atoms. The quantitative estimate of drug-likeness (QED) is 0.856. The lowest BCUT2D eigenvalue weighted by atomic mass is 10.1. The summed E-state index contributed by atoms with van der Waals surface area (Å²) < 4.78 is 18.0. The van der Waals surface area contributed by atoms with Crippen molar-refractivity contribution in [1.29, 1.82) is 0 Å². The van der Waals surface area contributed by atoms with Crippen molar-refractivity contribution >= 4 is 0 Å². The zero-order valence-electron chi connectivity index (χ0n) is 12.3. The van der Waals surface area contributed by atoms with E-state index in [0.717, 1.165) is 29.8 Å². The lowest BCUT2D eigenvalue weighted by Gasteiger charge is -2.16. The highest BCUT2D eigenvalue weighted by atomic mass is 19.1. The third-order valence-corrected chi connectivity index (χ3v) is 3.48. The van der Waals surface area contributed by atoms with E-state index in [1.165, 1.54) is 12.1 Å². The number of halogens is 1. The Morgan fingerprint density at radius 3 is 2.57 bits per heavy atom. The summed E-state index contributed by atoms with van der Waals surface area (Å²) in [6.45, 7) is 2.72. The van der Waals surface area contributed by atoms with Gasteiger partial charge < -0.3 is 15.2 Å². The minimum Gasteiger partial charge on any atom is -0.508 e. The van der Waals surface area contributed by atoms with Crippen LogP contribution in [-0.4, -0.2) is 18.8 Å². The predicted octanol–water partition coefficient (Wildman–Crippen LogP) is 3.43. The SMILES string of the molecule is COc1ccc(O)c(C(C)NCCc2ccc(F)cc2)c1. The minimum atomic E-state index is -0.221. The fourth-order valence-corrected chi connectivity index (χ4v) is 2.20. The highest BCUT2D eigenvalue weighted by Crippen LogP contribution is 2.28. The van der Waals surface area contributed by atoms with Gasteiger partial charge in [-0.2, -0.15) is 0 Å². The Morgan fingerprint density at radius 2 is 1.90 bits per heavy atom. The molecule has 0 fully saturated rings. The van der Waals surface area contributed by atoms with Gasteiger partial charge in [0.1, 0.15) is 17.3 Å². The number of benzene rings is 2. The lowest BCUT2D eigenvalue weighted by molar-refractivity contribution is 0.407. The second kappa shape index (κ2) is 7.09. The molecule has 1 unspecified atom stereocenters. The first kappa shape index (κ1) is 15.3. The molecule has 2 N–H and O–H groups in total. The van der Waals surface area contributed by atoms with Crippen molar-refractivity contribution in [2.45, 2.75) is 19.4 Å². The van der Waals surface area contributed by atoms with E-state index in [1.807, 2.05) is 13.0 Å². The van der Waals surface area contributed by atoms with Crippen molar-refractivity contribution in [3.05, 3.63) is 59.4 Å². The number of methoxy groups -OCH3 is 1. The number of nitrogens with one attached hydrogen (secondary N) is 1. The molecular weight excluding hydrogens is 269 g/mol. The molecular formula is C17H20FNO2. The van der Waals surface area contributed by atoms with Crippen LogP contribution in [0.15, 0.2) is 42.5 Å². The lowest BCUT2D eigenvalue weighted by Crippen LogP contribution is -2.21. The van der Waals surface area contributed by atoms with E-state index in [0.29, 0.717) is 0 Å². The van der Waals surface area contributed by atoms with Crippen LogP contribution in [0.3, 0.4) is 0 Å². The Morgan fingerprint density at radius 1 is 1.19 bits per heavy atom. The molecule has 112 valence electrons. The monoisotopic (exact) mass is 289 g/mol. The molecule has 0 radical (unpaired) electrons. The van der Waals surface area contributed by atoms with Crippen LogP contribution in [0, 0.1) is 5.82 Å². The smallest absolute Gasteiger partial charge is 0.123 e. The van der Waals surface area contributed by atoms with Gasteiger partial charge >= 0.3 is 0 Å². The van der Waals surface area contributed by atoms with E-state index < -0.39 is 0 Å². The maximum Gasteiger partial charge on any atom is 0.123 e. The van der Waals surface area contributed by atoms with E-state index in [-0.39, 0.29) is 17.6 Å². The average Bonchev–Trinajstić information content (AvgIpc) is 2.49. The number of aromatic hydroxyl groups is 1. The van der Waals surface area contributed by atoms with Gasteiger partial charge in [-0.25, -0.2) is 4.39 Å². The molecule has 0 spiro atoms. The fourth-order valence-electron chi connectivity index (χ4n) is 2.20. The highest BCUT2D eigenvalue weighted by molar-refractivity contribution is 5.41. The molecule has 0 bridgehead atoms. The van der Waals surface area contributed by atoms with Crippen molar-refractivity contribution in [2.24, 2.45) is 0 Å². The number of hydrogen-bond acceptors (Lipinski definition) is 3. The van der Waals surface area contributed by atoms with Crippen molar-refractivity contribution in [3.8, 4) is 11.5 Å².